The molecular weight excluding hydrogens is 264 g/mol. The summed E-state index contributed by atoms with van der Waals surface area (Å²) < 4.78 is 0. The fourth-order valence-electron chi connectivity index (χ4n) is 2.00. The Morgan fingerprint density at radius 2 is 2.16 bits per heavy atom. The van der Waals surface area contributed by atoms with Crippen molar-refractivity contribution < 1.29 is 4.92 Å². The van der Waals surface area contributed by atoms with E-state index in [1.165, 1.54) is 23.6 Å². The first-order valence-electron chi connectivity index (χ1n) is 6.25. The molecule has 0 spiro atoms. The predicted molar refractivity (Wildman–Crippen MR) is 79.8 cm³/mol. The van der Waals surface area contributed by atoms with Crippen LogP contribution < -0.4 is 11.1 Å². The number of hydrogen-bond donors (Lipinski definition) is 2. The maximum Gasteiger partial charge on any atom is 0.271 e. The van der Waals surface area contributed by atoms with Crippen molar-refractivity contribution in [1.29, 1.82) is 0 Å². The van der Waals surface area contributed by atoms with Crippen LogP contribution in [0.3, 0.4) is 0 Å². The second kappa shape index (κ2) is 6.63. The van der Waals surface area contributed by atoms with Gasteiger partial charge >= 0.3 is 0 Å². The Morgan fingerprint density at radius 3 is 2.79 bits per heavy atom. The van der Waals surface area contributed by atoms with E-state index in [4.69, 9.17) is 5.73 Å². The molecule has 7 heteroatoms. The Balaban J connectivity index is 1.83. The molecule has 2 rings (SSSR count). The molecule has 0 aromatic heterocycles. The standard InChI is InChI=1S/C12H18N4O2S/c13-11-9-10(16(17)18)1-2-12(11)14-3-4-15-5-7-19-8-6-15/h1-2,9,14H,3-8,13H2. The van der Waals surface area contributed by atoms with Crippen LogP contribution in [0.15, 0.2) is 18.2 Å². The van der Waals surface area contributed by atoms with Gasteiger partial charge in [-0.2, -0.15) is 11.8 Å². The van der Waals surface area contributed by atoms with Crippen molar-refractivity contribution in [1.82, 2.24) is 4.90 Å². The summed E-state index contributed by atoms with van der Waals surface area (Å²) in [5, 5.41) is 13.8. The minimum absolute atomic E-state index is 0.0242. The zero-order chi connectivity index (χ0) is 13.7. The zero-order valence-corrected chi connectivity index (χ0v) is 11.5. The van der Waals surface area contributed by atoms with Crippen molar-refractivity contribution in [3.8, 4) is 0 Å². The first-order chi connectivity index (χ1) is 9.16. The molecule has 19 heavy (non-hydrogen) atoms. The van der Waals surface area contributed by atoms with Gasteiger partial charge in [0, 0.05) is 49.8 Å². The number of nitrogens with two attached hydrogens (primary N) is 1. The normalized spacial score (nSPS) is 16.2. The zero-order valence-electron chi connectivity index (χ0n) is 10.7. The minimum Gasteiger partial charge on any atom is -0.397 e. The third-order valence-electron chi connectivity index (χ3n) is 3.09. The number of non-ortho nitro benzene ring substituents is 1. The minimum atomic E-state index is -0.439. The summed E-state index contributed by atoms with van der Waals surface area (Å²) in [6.45, 7) is 4.02. The molecule has 1 aromatic rings. The highest BCUT2D eigenvalue weighted by atomic mass is 32.2. The molecule has 6 nitrogen and oxygen atoms in total. The van der Waals surface area contributed by atoms with Gasteiger partial charge < -0.3 is 11.1 Å². The molecule has 104 valence electrons. The van der Waals surface area contributed by atoms with Crippen LogP contribution in [0.2, 0.25) is 0 Å². The molecule has 1 fully saturated rings. The van der Waals surface area contributed by atoms with E-state index in [-0.39, 0.29) is 5.69 Å². The van der Waals surface area contributed by atoms with E-state index in [0.717, 1.165) is 31.9 Å². The van der Waals surface area contributed by atoms with Gasteiger partial charge in [0.05, 0.1) is 16.3 Å². The molecular formula is C12H18N4O2S. The highest BCUT2D eigenvalue weighted by Gasteiger charge is 2.11. The average molecular weight is 282 g/mol. The number of nitro benzene ring substituents is 1. The Kier molecular flexibility index (Phi) is 4.86. The second-order valence-corrected chi connectivity index (χ2v) is 5.63. The van der Waals surface area contributed by atoms with Crippen LogP contribution in [0.4, 0.5) is 17.1 Å². The Morgan fingerprint density at radius 1 is 1.42 bits per heavy atom. The van der Waals surface area contributed by atoms with Crippen molar-refractivity contribution in [2.45, 2.75) is 0 Å². The van der Waals surface area contributed by atoms with Crippen molar-refractivity contribution in [2.24, 2.45) is 0 Å². The van der Waals surface area contributed by atoms with Crippen LogP contribution >= 0.6 is 11.8 Å². The van der Waals surface area contributed by atoms with E-state index in [1.807, 2.05) is 11.8 Å². The monoisotopic (exact) mass is 282 g/mol. The van der Waals surface area contributed by atoms with E-state index in [9.17, 15) is 10.1 Å². The molecule has 0 atom stereocenters. The average Bonchev–Trinajstić information content (AvgIpc) is 2.41. The topological polar surface area (TPSA) is 84.4 Å². The van der Waals surface area contributed by atoms with E-state index in [1.54, 1.807) is 6.07 Å². The first kappa shape index (κ1) is 14.0. The van der Waals surface area contributed by atoms with Gasteiger partial charge in [-0.15, -0.1) is 0 Å². The Bertz CT molecular complexity index is 449. The lowest BCUT2D eigenvalue weighted by molar-refractivity contribution is -0.384. The van der Waals surface area contributed by atoms with Gasteiger partial charge in [0.15, 0.2) is 0 Å². The lowest BCUT2D eigenvalue weighted by atomic mass is 10.2. The Hall–Kier alpha value is -1.47. The van der Waals surface area contributed by atoms with Crippen molar-refractivity contribution in [3.05, 3.63) is 28.3 Å². The number of nitrogens with one attached hydrogen (secondary N) is 1. The lowest BCUT2D eigenvalue weighted by Crippen LogP contribution is -2.36. The largest absolute Gasteiger partial charge is 0.397 e. The molecule has 0 unspecified atom stereocenters. The highest BCUT2D eigenvalue weighted by molar-refractivity contribution is 7.99. The molecule has 1 aromatic carbocycles. The van der Waals surface area contributed by atoms with Crippen LogP contribution in [0.1, 0.15) is 0 Å². The summed E-state index contributed by atoms with van der Waals surface area (Å²) in [5.74, 6) is 2.39. The summed E-state index contributed by atoms with van der Waals surface area (Å²) in [7, 11) is 0. The quantitative estimate of drug-likeness (QED) is 0.485. The molecule has 1 heterocycles. The van der Waals surface area contributed by atoms with E-state index in [2.05, 4.69) is 10.2 Å². The predicted octanol–water partition coefficient (Wildman–Crippen LogP) is 1.64. The molecule has 1 aliphatic heterocycles. The number of benzene rings is 1. The summed E-state index contributed by atoms with van der Waals surface area (Å²) in [4.78, 5) is 12.6. The number of nitrogen functional groups attached to an aromatic ring is 1. The van der Waals surface area contributed by atoms with Crippen LogP contribution in [-0.2, 0) is 0 Å². The number of nitrogens with zero attached hydrogens (tertiary/aromatic N) is 2. The number of nitro groups is 1. The molecule has 0 bridgehead atoms. The molecule has 3 N–H and O–H groups in total. The Labute approximate surface area is 116 Å². The number of hydrogen-bond acceptors (Lipinski definition) is 6. The highest BCUT2D eigenvalue weighted by Crippen LogP contribution is 2.23. The second-order valence-electron chi connectivity index (χ2n) is 4.41. The van der Waals surface area contributed by atoms with Gasteiger partial charge in [0.1, 0.15) is 0 Å². The lowest BCUT2D eigenvalue weighted by Gasteiger charge is -2.26. The van der Waals surface area contributed by atoms with E-state index >= 15 is 0 Å². The van der Waals surface area contributed by atoms with Gasteiger partial charge in [-0.05, 0) is 6.07 Å². The van der Waals surface area contributed by atoms with Gasteiger partial charge in [0.2, 0.25) is 0 Å². The van der Waals surface area contributed by atoms with Gasteiger partial charge in [-0.3, -0.25) is 15.0 Å². The summed E-state index contributed by atoms with van der Waals surface area (Å²) >= 11 is 1.99. The van der Waals surface area contributed by atoms with Crippen LogP contribution in [0, 0.1) is 10.1 Å². The first-order valence-corrected chi connectivity index (χ1v) is 7.40. The van der Waals surface area contributed by atoms with Crippen LogP contribution in [-0.4, -0.2) is 47.5 Å². The fourth-order valence-corrected chi connectivity index (χ4v) is 2.98. The molecule has 1 saturated heterocycles. The van der Waals surface area contributed by atoms with Gasteiger partial charge in [0.25, 0.3) is 5.69 Å². The number of rotatable bonds is 5. The van der Waals surface area contributed by atoms with E-state index in [0.29, 0.717) is 5.69 Å². The van der Waals surface area contributed by atoms with Crippen molar-refractivity contribution >= 4 is 28.8 Å². The molecule has 0 aliphatic carbocycles. The fraction of sp³-hybridized carbons (Fsp3) is 0.500. The summed E-state index contributed by atoms with van der Waals surface area (Å²) in [6, 6.07) is 4.52. The summed E-state index contributed by atoms with van der Waals surface area (Å²) in [6.07, 6.45) is 0. The molecule has 0 radical (unpaired) electrons. The SMILES string of the molecule is Nc1cc([N+](=O)[O-])ccc1NCCN1CCSCC1. The van der Waals surface area contributed by atoms with Gasteiger partial charge in [-0.1, -0.05) is 0 Å². The maximum atomic E-state index is 10.6. The number of anilines is 2. The van der Waals surface area contributed by atoms with Crippen molar-refractivity contribution in [2.75, 3.05) is 48.7 Å². The molecule has 0 amide bonds. The summed E-state index contributed by atoms with van der Waals surface area (Å²) in [5.41, 5.74) is 7.00. The molecule has 0 saturated carbocycles. The van der Waals surface area contributed by atoms with Crippen LogP contribution in [0.5, 0.6) is 0 Å². The third-order valence-corrected chi connectivity index (χ3v) is 4.04. The van der Waals surface area contributed by atoms with Gasteiger partial charge in [-0.25, -0.2) is 0 Å². The smallest absolute Gasteiger partial charge is 0.271 e. The van der Waals surface area contributed by atoms with Crippen molar-refractivity contribution in [3.63, 3.8) is 0 Å². The number of thioether (sulfide) groups is 1. The van der Waals surface area contributed by atoms with E-state index < -0.39 is 4.92 Å². The van der Waals surface area contributed by atoms with Crippen LogP contribution in [0.25, 0.3) is 0 Å². The maximum absolute atomic E-state index is 10.6. The third kappa shape index (κ3) is 4.00. The molecule has 1 aliphatic rings.